The molecule has 3 heterocycles. The molecule has 1 atom stereocenters. The maximum absolute atomic E-state index is 13.0. The van der Waals surface area contributed by atoms with Gasteiger partial charge in [0.15, 0.2) is 0 Å². The number of H-pyrrole nitrogens is 1. The van der Waals surface area contributed by atoms with Gasteiger partial charge < -0.3 is 19.8 Å². The lowest BCUT2D eigenvalue weighted by Gasteiger charge is -2.14. The van der Waals surface area contributed by atoms with Crippen molar-refractivity contribution in [2.24, 2.45) is 0 Å². The van der Waals surface area contributed by atoms with E-state index in [0.717, 1.165) is 0 Å². The van der Waals surface area contributed by atoms with Crippen LogP contribution in [0.2, 0.25) is 5.02 Å². The monoisotopic (exact) mass is 589 g/mol. The highest BCUT2D eigenvalue weighted by Gasteiger charge is 2.19. The molecule has 5 rings (SSSR count). The lowest BCUT2D eigenvalue weighted by Crippen LogP contribution is -2.27. The molecule has 42 heavy (non-hydrogen) atoms. The van der Waals surface area contributed by atoms with Gasteiger partial charge in [-0.25, -0.2) is 14.6 Å². The number of carbonyl (C=O) groups is 3. The fraction of sp³-hybridized carbons (Fsp3) is 0.148. The van der Waals surface area contributed by atoms with Crippen LogP contribution in [-0.2, 0) is 14.3 Å². The molecule has 0 unspecified atom stereocenters. The molecular formula is C27H24ClN9O5. The van der Waals surface area contributed by atoms with Crippen LogP contribution < -0.4 is 16.0 Å². The lowest BCUT2D eigenvalue weighted by molar-refractivity contribution is -0.117. The lowest BCUT2D eigenvalue weighted by atomic mass is 10.1. The van der Waals surface area contributed by atoms with E-state index in [1.807, 2.05) is 0 Å². The molecule has 214 valence electrons. The van der Waals surface area contributed by atoms with E-state index in [-0.39, 0.29) is 12.5 Å². The molecule has 14 nitrogen and oxygen atoms in total. The summed E-state index contributed by atoms with van der Waals surface area (Å²) < 4.78 is 11.4. The zero-order valence-corrected chi connectivity index (χ0v) is 22.8. The Morgan fingerprint density at radius 3 is 2.90 bits per heavy atom. The Morgan fingerprint density at radius 2 is 2.10 bits per heavy atom. The van der Waals surface area contributed by atoms with E-state index in [9.17, 15) is 14.4 Å². The van der Waals surface area contributed by atoms with Crippen molar-refractivity contribution >= 4 is 47.1 Å². The summed E-state index contributed by atoms with van der Waals surface area (Å²) in [4.78, 5) is 44.9. The number of carbonyl (C=O) groups excluding carboxylic acids is 3. The minimum Gasteiger partial charge on any atom is -0.453 e. The Balaban J connectivity index is 1.40. The minimum absolute atomic E-state index is 0.000869. The Kier molecular flexibility index (Phi) is 8.53. The third-order valence-electron chi connectivity index (χ3n) is 6.07. The van der Waals surface area contributed by atoms with Gasteiger partial charge in [0.1, 0.15) is 18.8 Å². The zero-order valence-electron chi connectivity index (χ0n) is 22.1. The average Bonchev–Trinajstić information content (AvgIpc) is 3.68. The van der Waals surface area contributed by atoms with Crippen LogP contribution in [0.1, 0.15) is 23.9 Å². The number of fused-ring (bicyclic) bond motifs is 4. The molecule has 0 spiro atoms. The van der Waals surface area contributed by atoms with Crippen molar-refractivity contribution in [1.82, 2.24) is 35.5 Å². The highest BCUT2D eigenvalue weighted by Crippen LogP contribution is 2.31. The second-order valence-corrected chi connectivity index (χ2v) is 9.28. The number of amides is 3. The summed E-state index contributed by atoms with van der Waals surface area (Å²) in [5.41, 5.74) is 3.16. The Hall–Kier alpha value is -5.50. The van der Waals surface area contributed by atoms with Gasteiger partial charge in [-0.1, -0.05) is 23.8 Å². The number of nitrogens with one attached hydrogen (secondary N) is 4. The first-order chi connectivity index (χ1) is 20.4. The summed E-state index contributed by atoms with van der Waals surface area (Å²) in [5, 5.41) is 19.9. The third-order valence-corrected chi connectivity index (χ3v) is 6.30. The van der Waals surface area contributed by atoms with Crippen LogP contribution in [0.4, 0.5) is 21.0 Å². The number of halogens is 1. The summed E-state index contributed by atoms with van der Waals surface area (Å²) in [6.45, 7) is -0.000869. The SMILES string of the molecule is COC(=O)Nc1ccc2c(c1)NC(=O)OC/C=C\C[C@H](NC(=O)/C=C/c1cc(Cl)ccc1-n1cnnn1)c1ncc-2[nH]1. The van der Waals surface area contributed by atoms with Crippen molar-refractivity contribution < 1.29 is 23.9 Å². The highest BCUT2D eigenvalue weighted by molar-refractivity contribution is 6.30. The summed E-state index contributed by atoms with van der Waals surface area (Å²) in [6.07, 6.45) is 8.47. The number of anilines is 2. The van der Waals surface area contributed by atoms with Crippen LogP contribution >= 0.6 is 11.6 Å². The van der Waals surface area contributed by atoms with Crippen LogP contribution in [0.15, 0.2) is 67.2 Å². The maximum atomic E-state index is 13.0. The minimum atomic E-state index is -0.688. The molecule has 1 aliphatic heterocycles. The van der Waals surface area contributed by atoms with Crippen LogP contribution in [0, 0.1) is 0 Å². The van der Waals surface area contributed by atoms with Crippen molar-refractivity contribution in [3.05, 3.63) is 83.6 Å². The van der Waals surface area contributed by atoms with E-state index in [4.69, 9.17) is 16.3 Å². The van der Waals surface area contributed by atoms with E-state index >= 15 is 0 Å². The van der Waals surface area contributed by atoms with Gasteiger partial charge in [-0.15, -0.1) is 5.10 Å². The number of imidazole rings is 1. The maximum Gasteiger partial charge on any atom is 0.411 e. The van der Waals surface area contributed by atoms with E-state index in [0.29, 0.717) is 51.2 Å². The zero-order chi connectivity index (χ0) is 29.5. The number of rotatable bonds is 5. The fourth-order valence-corrected chi connectivity index (χ4v) is 4.29. The van der Waals surface area contributed by atoms with E-state index in [1.165, 1.54) is 24.2 Å². The number of hydrogen-bond donors (Lipinski definition) is 4. The quantitative estimate of drug-likeness (QED) is 0.195. The Morgan fingerprint density at radius 1 is 1.21 bits per heavy atom. The van der Waals surface area contributed by atoms with Crippen molar-refractivity contribution in [3.8, 4) is 16.9 Å². The summed E-state index contributed by atoms with van der Waals surface area (Å²) in [7, 11) is 1.25. The molecule has 1 aliphatic rings. The first-order valence-electron chi connectivity index (χ1n) is 12.5. The van der Waals surface area contributed by atoms with Crippen molar-refractivity contribution in [1.29, 1.82) is 0 Å². The fourth-order valence-electron chi connectivity index (χ4n) is 4.11. The van der Waals surface area contributed by atoms with Crippen LogP contribution in [0.3, 0.4) is 0 Å². The second-order valence-electron chi connectivity index (χ2n) is 8.84. The topological polar surface area (TPSA) is 178 Å². The molecule has 2 bridgehead atoms. The molecule has 2 aromatic carbocycles. The molecule has 2 aromatic heterocycles. The Bertz CT molecular complexity index is 1670. The van der Waals surface area contributed by atoms with Gasteiger partial charge in [0.25, 0.3) is 0 Å². The normalized spacial score (nSPS) is 15.7. The van der Waals surface area contributed by atoms with Gasteiger partial charge in [0.05, 0.1) is 36.4 Å². The summed E-state index contributed by atoms with van der Waals surface area (Å²) >= 11 is 6.18. The van der Waals surface area contributed by atoms with E-state index in [2.05, 4.69) is 46.2 Å². The van der Waals surface area contributed by atoms with Gasteiger partial charge in [0.2, 0.25) is 5.91 Å². The molecule has 0 saturated carbocycles. The first-order valence-corrected chi connectivity index (χ1v) is 12.9. The number of cyclic esters (lactones) is 1. The van der Waals surface area contributed by atoms with Crippen molar-refractivity contribution in [2.45, 2.75) is 12.5 Å². The predicted molar refractivity (Wildman–Crippen MR) is 153 cm³/mol. The average molecular weight is 590 g/mol. The van der Waals surface area contributed by atoms with Crippen LogP contribution in [0.5, 0.6) is 0 Å². The number of aromatic amines is 1. The first kappa shape index (κ1) is 28.0. The molecule has 0 aliphatic carbocycles. The van der Waals surface area contributed by atoms with Gasteiger partial charge >= 0.3 is 12.2 Å². The highest BCUT2D eigenvalue weighted by atomic mass is 35.5. The van der Waals surface area contributed by atoms with Gasteiger partial charge in [-0.3, -0.25) is 15.4 Å². The number of aromatic nitrogens is 6. The molecular weight excluding hydrogens is 566 g/mol. The molecule has 0 saturated heterocycles. The number of ether oxygens (including phenoxy) is 2. The Labute approximate surface area is 243 Å². The number of hydrogen-bond acceptors (Lipinski definition) is 9. The molecule has 4 aromatic rings. The van der Waals surface area contributed by atoms with E-state index in [1.54, 1.807) is 60.8 Å². The molecule has 3 amide bonds. The molecule has 4 N–H and O–H groups in total. The molecule has 15 heteroatoms. The van der Waals surface area contributed by atoms with Crippen molar-refractivity contribution in [2.75, 3.05) is 24.4 Å². The number of tetrazole rings is 1. The second kappa shape index (κ2) is 12.8. The number of nitrogens with zero attached hydrogens (tertiary/aromatic N) is 5. The molecule has 0 fully saturated rings. The van der Waals surface area contributed by atoms with Gasteiger partial charge in [-0.2, -0.15) is 4.68 Å². The predicted octanol–water partition coefficient (Wildman–Crippen LogP) is 4.26. The smallest absolute Gasteiger partial charge is 0.411 e. The largest absolute Gasteiger partial charge is 0.453 e. The molecule has 0 radical (unpaired) electrons. The van der Waals surface area contributed by atoms with E-state index < -0.39 is 18.2 Å². The third kappa shape index (κ3) is 6.79. The van der Waals surface area contributed by atoms with Crippen molar-refractivity contribution in [3.63, 3.8) is 0 Å². The standard InChI is InChI=1S/C27H24ClN9O5/c1-41-26(39)31-18-7-8-19-21(13-18)34-27(40)42-11-3-2-4-20(25-29-14-22(19)33-25)32-24(38)10-5-16-12-17(28)6-9-23(16)37-15-30-35-36-37/h2-3,5-10,12-15,20H,4,11H2,1H3,(H,29,33)(H,31,39)(H,32,38)(H,34,40)/b3-2-,10-5+/t20-/m0/s1. The van der Waals surface area contributed by atoms with Gasteiger partial charge in [0, 0.05) is 27.9 Å². The van der Waals surface area contributed by atoms with Crippen LogP contribution in [0.25, 0.3) is 23.0 Å². The summed E-state index contributed by atoms with van der Waals surface area (Å²) in [6, 6.07) is 9.50. The number of benzene rings is 2. The van der Waals surface area contributed by atoms with Crippen LogP contribution in [-0.4, -0.2) is 62.0 Å². The summed E-state index contributed by atoms with van der Waals surface area (Å²) in [5.74, 6) is 0.105. The van der Waals surface area contributed by atoms with Gasteiger partial charge in [-0.05, 0) is 59.3 Å². The number of methoxy groups -OCH3 is 1.